The van der Waals surface area contributed by atoms with Gasteiger partial charge in [-0.3, -0.25) is 9.10 Å². The van der Waals surface area contributed by atoms with E-state index in [1.165, 1.54) is 10.4 Å². The van der Waals surface area contributed by atoms with Crippen LogP contribution in [0.3, 0.4) is 0 Å². The average Bonchev–Trinajstić information content (AvgIpc) is 3.19. The van der Waals surface area contributed by atoms with Crippen molar-refractivity contribution >= 4 is 21.6 Å². The number of carbonyl (C=O) groups is 1. The third kappa shape index (κ3) is 4.20. The molecule has 1 aliphatic rings. The van der Waals surface area contributed by atoms with Gasteiger partial charge < -0.3 is 9.64 Å². The molecule has 0 spiro atoms. The SMILES string of the molecule is COc1ccc(C(C)N(C)C(=O)c2cccc(S(=O)(=O)N3c4ccccc4CC3C)c2)cc1. The Morgan fingerprint density at radius 3 is 2.45 bits per heavy atom. The number of ether oxygens (including phenoxy) is 1. The Hall–Kier alpha value is -3.32. The van der Waals surface area contributed by atoms with Crippen LogP contribution in [0.15, 0.2) is 77.7 Å². The van der Waals surface area contributed by atoms with Crippen molar-refractivity contribution in [2.75, 3.05) is 18.5 Å². The summed E-state index contributed by atoms with van der Waals surface area (Å²) in [6.07, 6.45) is 0.663. The summed E-state index contributed by atoms with van der Waals surface area (Å²) in [6, 6.07) is 21.0. The lowest BCUT2D eigenvalue weighted by molar-refractivity contribution is 0.0742. The third-order valence-electron chi connectivity index (χ3n) is 6.28. The molecule has 172 valence electrons. The number of anilines is 1. The van der Waals surface area contributed by atoms with Gasteiger partial charge in [-0.25, -0.2) is 8.42 Å². The Morgan fingerprint density at radius 1 is 1.06 bits per heavy atom. The van der Waals surface area contributed by atoms with E-state index in [0.717, 1.165) is 16.9 Å². The second-order valence-corrected chi connectivity index (χ2v) is 10.2. The number of para-hydroxylation sites is 1. The zero-order valence-corrected chi connectivity index (χ0v) is 20.0. The summed E-state index contributed by atoms with van der Waals surface area (Å²) < 4.78 is 33.8. The lowest BCUT2D eigenvalue weighted by Gasteiger charge is -2.27. The van der Waals surface area contributed by atoms with Gasteiger partial charge in [0.2, 0.25) is 0 Å². The Labute approximate surface area is 195 Å². The number of fused-ring (bicyclic) bond motifs is 1. The highest BCUT2D eigenvalue weighted by atomic mass is 32.2. The van der Waals surface area contributed by atoms with Gasteiger partial charge in [0, 0.05) is 18.7 Å². The van der Waals surface area contributed by atoms with Crippen molar-refractivity contribution in [3.8, 4) is 5.75 Å². The predicted octanol–water partition coefficient (Wildman–Crippen LogP) is 4.67. The van der Waals surface area contributed by atoms with Gasteiger partial charge in [-0.1, -0.05) is 36.4 Å². The number of amides is 1. The summed E-state index contributed by atoms with van der Waals surface area (Å²) in [4.78, 5) is 15.0. The Balaban J connectivity index is 1.61. The summed E-state index contributed by atoms with van der Waals surface area (Å²) in [5, 5.41) is 0. The second-order valence-electron chi connectivity index (χ2n) is 8.38. The van der Waals surface area contributed by atoms with Crippen LogP contribution >= 0.6 is 0 Å². The molecule has 2 atom stereocenters. The lowest BCUT2D eigenvalue weighted by atomic mass is 10.1. The molecule has 0 saturated heterocycles. The predicted molar refractivity (Wildman–Crippen MR) is 129 cm³/mol. The van der Waals surface area contributed by atoms with Crippen molar-refractivity contribution in [3.63, 3.8) is 0 Å². The van der Waals surface area contributed by atoms with E-state index < -0.39 is 10.0 Å². The monoisotopic (exact) mass is 464 g/mol. The number of sulfonamides is 1. The number of methoxy groups -OCH3 is 1. The number of hydrogen-bond acceptors (Lipinski definition) is 4. The van der Waals surface area contributed by atoms with Crippen molar-refractivity contribution in [2.24, 2.45) is 0 Å². The quantitative estimate of drug-likeness (QED) is 0.532. The van der Waals surface area contributed by atoms with E-state index in [1.54, 1.807) is 37.3 Å². The van der Waals surface area contributed by atoms with E-state index in [2.05, 4.69) is 0 Å². The normalized spacial score (nSPS) is 16.2. The third-order valence-corrected chi connectivity index (χ3v) is 8.21. The minimum absolute atomic E-state index is 0.113. The summed E-state index contributed by atoms with van der Waals surface area (Å²) in [5.41, 5.74) is 3.00. The fourth-order valence-corrected chi connectivity index (χ4v) is 6.03. The van der Waals surface area contributed by atoms with E-state index >= 15 is 0 Å². The Morgan fingerprint density at radius 2 is 1.76 bits per heavy atom. The van der Waals surface area contributed by atoms with Crippen molar-refractivity contribution < 1.29 is 17.9 Å². The van der Waals surface area contributed by atoms with Crippen molar-refractivity contribution in [1.82, 2.24) is 4.90 Å². The van der Waals surface area contributed by atoms with Crippen molar-refractivity contribution in [2.45, 2.75) is 37.2 Å². The molecular formula is C26H28N2O4S. The molecule has 33 heavy (non-hydrogen) atoms. The van der Waals surface area contributed by atoms with E-state index in [0.29, 0.717) is 17.7 Å². The second kappa shape index (κ2) is 8.90. The molecular weight excluding hydrogens is 436 g/mol. The standard InChI is InChI=1S/C26H28N2O4S/c1-18-16-21-8-5-6-11-25(21)28(18)33(30,31)24-10-7-9-22(17-24)26(29)27(3)19(2)20-12-14-23(32-4)15-13-20/h5-15,17-19H,16H2,1-4H3. The first-order valence-electron chi connectivity index (χ1n) is 10.9. The van der Waals surface area contributed by atoms with Crippen LogP contribution in [-0.2, 0) is 16.4 Å². The first-order chi connectivity index (χ1) is 15.7. The van der Waals surface area contributed by atoms with Gasteiger partial charge in [-0.2, -0.15) is 0 Å². The van der Waals surface area contributed by atoms with Crippen LogP contribution in [0.1, 0.15) is 41.4 Å². The van der Waals surface area contributed by atoms with E-state index in [1.807, 2.05) is 62.4 Å². The minimum atomic E-state index is -3.81. The molecule has 1 amide bonds. The van der Waals surface area contributed by atoms with Gasteiger partial charge in [0.25, 0.3) is 15.9 Å². The van der Waals surface area contributed by atoms with Gasteiger partial charge in [-0.15, -0.1) is 0 Å². The number of benzene rings is 3. The molecule has 1 heterocycles. The summed E-state index contributed by atoms with van der Waals surface area (Å²) in [7, 11) is -0.487. The van der Waals surface area contributed by atoms with Gasteiger partial charge in [0.15, 0.2) is 0 Å². The topological polar surface area (TPSA) is 66.9 Å². The molecule has 6 nitrogen and oxygen atoms in total. The molecule has 0 fully saturated rings. The molecule has 4 rings (SSSR count). The fourth-order valence-electron chi connectivity index (χ4n) is 4.29. The molecule has 0 N–H and O–H groups in total. The van der Waals surface area contributed by atoms with Crippen LogP contribution in [0.5, 0.6) is 5.75 Å². The highest BCUT2D eigenvalue weighted by Gasteiger charge is 2.36. The molecule has 2 unspecified atom stereocenters. The summed E-state index contributed by atoms with van der Waals surface area (Å²) >= 11 is 0. The largest absolute Gasteiger partial charge is 0.497 e. The van der Waals surface area contributed by atoms with Crippen LogP contribution in [0.25, 0.3) is 0 Å². The molecule has 3 aromatic rings. The molecule has 7 heteroatoms. The Bertz CT molecular complexity index is 1270. The molecule has 0 bridgehead atoms. The Kier molecular flexibility index (Phi) is 6.17. The van der Waals surface area contributed by atoms with E-state index in [4.69, 9.17) is 4.74 Å². The zero-order valence-electron chi connectivity index (χ0n) is 19.2. The zero-order chi connectivity index (χ0) is 23.8. The highest BCUT2D eigenvalue weighted by molar-refractivity contribution is 7.92. The molecule has 0 aliphatic carbocycles. The molecule has 0 aromatic heterocycles. The van der Waals surface area contributed by atoms with Gasteiger partial charge in [0.05, 0.1) is 23.7 Å². The van der Waals surface area contributed by atoms with Crippen LogP contribution in [0.2, 0.25) is 0 Å². The molecule has 0 radical (unpaired) electrons. The van der Waals surface area contributed by atoms with E-state index in [9.17, 15) is 13.2 Å². The summed E-state index contributed by atoms with van der Waals surface area (Å²) in [5.74, 6) is 0.501. The maximum absolute atomic E-state index is 13.6. The number of carbonyl (C=O) groups excluding carboxylic acids is 1. The van der Waals surface area contributed by atoms with Crippen molar-refractivity contribution in [1.29, 1.82) is 0 Å². The van der Waals surface area contributed by atoms with Gasteiger partial charge in [0.1, 0.15) is 5.75 Å². The first kappa shape index (κ1) is 22.9. The van der Waals surface area contributed by atoms with Gasteiger partial charge in [-0.05, 0) is 67.8 Å². The molecule has 0 saturated carbocycles. The van der Waals surface area contributed by atoms with Crippen molar-refractivity contribution in [3.05, 3.63) is 89.5 Å². The number of rotatable bonds is 6. The summed E-state index contributed by atoms with van der Waals surface area (Å²) in [6.45, 7) is 3.83. The fraction of sp³-hybridized carbons (Fsp3) is 0.269. The first-order valence-corrected chi connectivity index (χ1v) is 12.3. The van der Waals surface area contributed by atoms with Crippen LogP contribution in [-0.4, -0.2) is 39.4 Å². The molecule has 1 aliphatic heterocycles. The number of nitrogens with zero attached hydrogens (tertiary/aromatic N) is 2. The average molecular weight is 465 g/mol. The van der Waals surface area contributed by atoms with Crippen LogP contribution in [0.4, 0.5) is 5.69 Å². The van der Waals surface area contributed by atoms with Crippen LogP contribution in [0, 0.1) is 0 Å². The smallest absolute Gasteiger partial charge is 0.264 e. The minimum Gasteiger partial charge on any atom is -0.497 e. The van der Waals surface area contributed by atoms with Gasteiger partial charge >= 0.3 is 0 Å². The molecule has 3 aromatic carbocycles. The maximum atomic E-state index is 13.6. The maximum Gasteiger partial charge on any atom is 0.264 e. The van der Waals surface area contributed by atoms with E-state index in [-0.39, 0.29) is 22.9 Å². The lowest BCUT2D eigenvalue weighted by Crippen LogP contribution is -2.36. The van der Waals surface area contributed by atoms with Crippen LogP contribution < -0.4 is 9.04 Å². The highest BCUT2D eigenvalue weighted by Crippen LogP contribution is 2.36. The number of hydrogen-bond donors (Lipinski definition) is 0.